The molecule has 0 aromatic heterocycles. The van der Waals surface area contributed by atoms with Gasteiger partial charge in [0.05, 0.1) is 12.2 Å². The van der Waals surface area contributed by atoms with E-state index < -0.39 is 5.60 Å². The van der Waals surface area contributed by atoms with Crippen LogP contribution in [0.25, 0.3) is 0 Å². The molecule has 0 aliphatic heterocycles. The third kappa shape index (κ3) is 6.29. The number of benzene rings is 1. The Kier molecular flexibility index (Phi) is 5.45. The van der Waals surface area contributed by atoms with Crippen molar-refractivity contribution in [2.24, 2.45) is 0 Å². The third-order valence-corrected chi connectivity index (χ3v) is 2.49. The van der Waals surface area contributed by atoms with Crippen molar-refractivity contribution < 1.29 is 9.84 Å². The number of hydrogen-bond acceptors (Lipinski definition) is 3. The number of aliphatic hydroxyl groups is 1. The molecule has 2 N–H and O–H groups in total. The molecule has 0 unspecified atom stereocenters. The van der Waals surface area contributed by atoms with E-state index in [0.717, 1.165) is 18.8 Å². The van der Waals surface area contributed by atoms with Gasteiger partial charge in [-0.2, -0.15) is 0 Å². The summed E-state index contributed by atoms with van der Waals surface area (Å²) in [5, 5.41) is 12.8. The topological polar surface area (TPSA) is 41.5 Å². The Labute approximate surface area is 104 Å². The molecule has 17 heavy (non-hydrogen) atoms. The Morgan fingerprint density at radius 1 is 1.24 bits per heavy atom. The molecule has 1 aromatic rings. The summed E-state index contributed by atoms with van der Waals surface area (Å²) in [5.74, 6) is 0.856. The molecular weight excluding hydrogens is 214 g/mol. The largest absolute Gasteiger partial charge is 0.493 e. The molecule has 0 radical (unpaired) electrons. The summed E-state index contributed by atoms with van der Waals surface area (Å²) in [5.41, 5.74) is 0.590. The molecule has 1 rings (SSSR count). The zero-order valence-corrected chi connectivity index (χ0v) is 11.0. The van der Waals surface area contributed by atoms with Crippen LogP contribution in [0.2, 0.25) is 0 Å². The predicted molar refractivity (Wildman–Crippen MR) is 70.2 cm³/mol. The van der Waals surface area contributed by atoms with E-state index in [1.54, 1.807) is 13.8 Å². The van der Waals surface area contributed by atoms with Crippen LogP contribution < -0.4 is 10.1 Å². The average molecular weight is 237 g/mol. The monoisotopic (exact) mass is 237 g/mol. The SMILES string of the molecule is CCNCc1ccc(OCCC(C)(C)O)cc1. The molecule has 0 amide bonds. The summed E-state index contributed by atoms with van der Waals surface area (Å²) in [6, 6.07) is 8.05. The molecule has 0 saturated heterocycles. The standard InChI is InChI=1S/C14H23NO2/c1-4-15-11-12-5-7-13(8-6-12)17-10-9-14(2,3)16/h5-8,15-16H,4,9-11H2,1-3H3. The second-order valence-corrected chi connectivity index (χ2v) is 4.84. The van der Waals surface area contributed by atoms with Gasteiger partial charge in [-0.05, 0) is 38.1 Å². The maximum Gasteiger partial charge on any atom is 0.119 e. The smallest absolute Gasteiger partial charge is 0.119 e. The van der Waals surface area contributed by atoms with E-state index >= 15 is 0 Å². The number of nitrogens with one attached hydrogen (secondary N) is 1. The van der Waals surface area contributed by atoms with E-state index in [1.165, 1.54) is 5.56 Å². The lowest BCUT2D eigenvalue weighted by Crippen LogP contribution is -2.21. The van der Waals surface area contributed by atoms with Crippen LogP contribution in [0.5, 0.6) is 5.75 Å². The first kappa shape index (κ1) is 14.0. The first-order valence-corrected chi connectivity index (χ1v) is 6.16. The second-order valence-electron chi connectivity index (χ2n) is 4.84. The predicted octanol–water partition coefficient (Wildman–Crippen LogP) is 2.34. The lowest BCUT2D eigenvalue weighted by molar-refractivity contribution is 0.0553. The Morgan fingerprint density at radius 3 is 2.41 bits per heavy atom. The van der Waals surface area contributed by atoms with Crippen molar-refractivity contribution in [3.05, 3.63) is 29.8 Å². The van der Waals surface area contributed by atoms with Gasteiger partial charge in [-0.15, -0.1) is 0 Å². The Balaban J connectivity index is 2.35. The van der Waals surface area contributed by atoms with Crippen LogP contribution in [0, 0.1) is 0 Å². The maximum absolute atomic E-state index is 9.55. The van der Waals surface area contributed by atoms with Gasteiger partial charge in [-0.1, -0.05) is 19.1 Å². The highest BCUT2D eigenvalue weighted by Gasteiger charge is 2.11. The van der Waals surface area contributed by atoms with Gasteiger partial charge in [0, 0.05) is 13.0 Å². The highest BCUT2D eigenvalue weighted by molar-refractivity contribution is 5.27. The highest BCUT2D eigenvalue weighted by atomic mass is 16.5. The summed E-state index contributed by atoms with van der Waals surface area (Å²) in [6.07, 6.45) is 0.631. The minimum absolute atomic E-state index is 0.538. The van der Waals surface area contributed by atoms with E-state index in [0.29, 0.717) is 13.0 Å². The molecule has 0 fully saturated rings. The minimum atomic E-state index is -0.662. The van der Waals surface area contributed by atoms with E-state index in [4.69, 9.17) is 4.74 Å². The Morgan fingerprint density at radius 2 is 1.88 bits per heavy atom. The molecule has 0 aliphatic carbocycles. The summed E-state index contributed by atoms with van der Waals surface area (Å²) in [4.78, 5) is 0. The van der Waals surface area contributed by atoms with Gasteiger partial charge in [0.2, 0.25) is 0 Å². The van der Waals surface area contributed by atoms with Crippen LogP contribution in [0.3, 0.4) is 0 Å². The maximum atomic E-state index is 9.55. The van der Waals surface area contributed by atoms with Gasteiger partial charge >= 0.3 is 0 Å². The molecule has 0 heterocycles. The molecule has 0 saturated carbocycles. The quantitative estimate of drug-likeness (QED) is 0.765. The molecule has 0 spiro atoms. The van der Waals surface area contributed by atoms with E-state index in [1.807, 2.05) is 12.1 Å². The zero-order valence-electron chi connectivity index (χ0n) is 11.0. The molecule has 0 bridgehead atoms. The molecule has 0 aliphatic rings. The molecule has 3 nitrogen and oxygen atoms in total. The molecule has 0 atom stereocenters. The highest BCUT2D eigenvalue weighted by Crippen LogP contribution is 2.14. The summed E-state index contributed by atoms with van der Waals surface area (Å²) in [6.45, 7) is 8.07. The minimum Gasteiger partial charge on any atom is -0.493 e. The van der Waals surface area contributed by atoms with Crippen LogP contribution in [0.1, 0.15) is 32.8 Å². The number of rotatable bonds is 7. The molecule has 3 heteroatoms. The fraction of sp³-hybridized carbons (Fsp3) is 0.571. The van der Waals surface area contributed by atoms with Crippen LogP contribution in [0.4, 0.5) is 0 Å². The van der Waals surface area contributed by atoms with Gasteiger partial charge < -0.3 is 15.2 Å². The number of ether oxygens (including phenoxy) is 1. The lowest BCUT2D eigenvalue weighted by atomic mass is 10.1. The Bertz CT molecular complexity index is 314. The van der Waals surface area contributed by atoms with Gasteiger partial charge in [-0.3, -0.25) is 0 Å². The fourth-order valence-corrected chi connectivity index (χ4v) is 1.39. The van der Waals surface area contributed by atoms with Crippen molar-refractivity contribution in [3.63, 3.8) is 0 Å². The van der Waals surface area contributed by atoms with Crippen LogP contribution in [-0.4, -0.2) is 23.9 Å². The van der Waals surface area contributed by atoms with Crippen LogP contribution >= 0.6 is 0 Å². The second kappa shape index (κ2) is 6.62. The molecule has 1 aromatic carbocycles. The molecule has 96 valence electrons. The van der Waals surface area contributed by atoms with E-state index in [-0.39, 0.29) is 0 Å². The fourth-order valence-electron chi connectivity index (χ4n) is 1.39. The van der Waals surface area contributed by atoms with Crippen molar-refractivity contribution >= 4 is 0 Å². The molecular formula is C14H23NO2. The van der Waals surface area contributed by atoms with Crippen LogP contribution in [-0.2, 0) is 6.54 Å². The van der Waals surface area contributed by atoms with Gasteiger partial charge in [-0.25, -0.2) is 0 Å². The number of hydrogen-bond donors (Lipinski definition) is 2. The van der Waals surface area contributed by atoms with Gasteiger partial charge in [0.25, 0.3) is 0 Å². The zero-order chi connectivity index (χ0) is 12.7. The van der Waals surface area contributed by atoms with Gasteiger partial charge in [0.15, 0.2) is 0 Å². The van der Waals surface area contributed by atoms with E-state index in [9.17, 15) is 5.11 Å². The van der Waals surface area contributed by atoms with Crippen molar-refractivity contribution in [2.75, 3.05) is 13.2 Å². The lowest BCUT2D eigenvalue weighted by Gasteiger charge is -2.17. The van der Waals surface area contributed by atoms with Gasteiger partial charge in [0.1, 0.15) is 5.75 Å². The third-order valence-electron chi connectivity index (χ3n) is 2.49. The van der Waals surface area contributed by atoms with E-state index in [2.05, 4.69) is 24.4 Å². The normalized spacial score (nSPS) is 11.5. The first-order valence-electron chi connectivity index (χ1n) is 6.16. The van der Waals surface area contributed by atoms with Crippen LogP contribution in [0.15, 0.2) is 24.3 Å². The van der Waals surface area contributed by atoms with Crippen molar-refractivity contribution in [3.8, 4) is 5.75 Å². The summed E-state index contributed by atoms with van der Waals surface area (Å²) < 4.78 is 5.56. The first-order chi connectivity index (χ1) is 8.01. The summed E-state index contributed by atoms with van der Waals surface area (Å²) >= 11 is 0. The van der Waals surface area contributed by atoms with Crippen molar-refractivity contribution in [1.29, 1.82) is 0 Å². The Hall–Kier alpha value is -1.06. The van der Waals surface area contributed by atoms with Crippen molar-refractivity contribution in [1.82, 2.24) is 5.32 Å². The average Bonchev–Trinajstić information content (AvgIpc) is 2.26. The summed E-state index contributed by atoms with van der Waals surface area (Å²) in [7, 11) is 0. The van der Waals surface area contributed by atoms with Crippen molar-refractivity contribution in [2.45, 2.75) is 39.3 Å².